The Labute approximate surface area is 191 Å². The largest absolute Gasteiger partial charge is 0.336 e. The van der Waals surface area contributed by atoms with Gasteiger partial charge in [0.2, 0.25) is 10.0 Å². The van der Waals surface area contributed by atoms with Crippen LogP contribution in [0.5, 0.6) is 0 Å². The van der Waals surface area contributed by atoms with Crippen LogP contribution in [0, 0.1) is 6.92 Å². The Morgan fingerprint density at radius 3 is 2.16 bits per heavy atom. The molecule has 2 aliphatic rings. The van der Waals surface area contributed by atoms with Crippen molar-refractivity contribution in [1.29, 1.82) is 0 Å². The molecule has 1 amide bonds. The van der Waals surface area contributed by atoms with Crippen LogP contribution in [0.1, 0.15) is 53.6 Å². The molecule has 4 rings (SSSR count). The molecule has 6 nitrogen and oxygen atoms in total. The van der Waals surface area contributed by atoms with Crippen molar-refractivity contribution in [3.63, 3.8) is 0 Å². The summed E-state index contributed by atoms with van der Waals surface area (Å²) in [6.45, 7) is 5.56. The van der Waals surface area contributed by atoms with Crippen molar-refractivity contribution in [2.45, 2.75) is 56.5 Å². The third kappa shape index (κ3) is 5.57. The summed E-state index contributed by atoms with van der Waals surface area (Å²) in [5.74, 6) is 0.0556. The van der Waals surface area contributed by atoms with Crippen LogP contribution in [0.3, 0.4) is 0 Å². The Morgan fingerprint density at radius 1 is 0.906 bits per heavy atom. The van der Waals surface area contributed by atoms with Gasteiger partial charge in [-0.25, -0.2) is 13.1 Å². The van der Waals surface area contributed by atoms with Crippen molar-refractivity contribution in [3.8, 4) is 0 Å². The monoisotopic (exact) mass is 455 g/mol. The first-order valence-corrected chi connectivity index (χ1v) is 13.1. The number of hydrogen-bond donors (Lipinski definition) is 1. The quantitative estimate of drug-likeness (QED) is 0.723. The van der Waals surface area contributed by atoms with Crippen LogP contribution in [-0.4, -0.2) is 56.3 Å². The van der Waals surface area contributed by atoms with E-state index in [1.807, 2.05) is 24.0 Å². The predicted octanol–water partition coefficient (Wildman–Crippen LogP) is 3.56. The van der Waals surface area contributed by atoms with Crippen LogP contribution in [-0.2, 0) is 16.6 Å². The number of hydrogen-bond acceptors (Lipinski definition) is 4. The molecule has 1 saturated carbocycles. The van der Waals surface area contributed by atoms with Gasteiger partial charge in [0.15, 0.2) is 0 Å². The normalized spacial score (nSPS) is 18.6. The highest BCUT2D eigenvalue weighted by molar-refractivity contribution is 7.89. The number of sulfonamides is 1. The molecule has 1 aliphatic carbocycles. The fourth-order valence-corrected chi connectivity index (χ4v) is 5.68. The van der Waals surface area contributed by atoms with E-state index in [2.05, 4.69) is 9.62 Å². The SMILES string of the molecule is Cc1ccc(S(=O)(=O)NCc2ccc(C(=O)N3CCN(C4CCCCC4)CC3)cc2)cc1. The topological polar surface area (TPSA) is 69.7 Å². The van der Waals surface area contributed by atoms with Gasteiger partial charge in [0.25, 0.3) is 5.91 Å². The van der Waals surface area contributed by atoms with E-state index in [1.165, 1.54) is 32.1 Å². The molecular formula is C25H33N3O3S. The van der Waals surface area contributed by atoms with E-state index in [0.29, 0.717) is 11.6 Å². The van der Waals surface area contributed by atoms with Gasteiger partial charge in [0.05, 0.1) is 4.90 Å². The van der Waals surface area contributed by atoms with Crippen LogP contribution < -0.4 is 4.72 Å². The Balaban J connectivity index is 1.29. The Bertz CT molecular complexity index is 1010. The zero-order valence-electron chi connectivity index (χ0n) is 18.8. The third-order valence-electron chi connectivity index (χ3n) is 6.69. The van der Waals surface area contributed by atoms with Gasteiger partial charge in [-0.15, -0.1) is 0 Å². The maximum absolute atomic E-state index is 12.9. The number of piperazine rings is 1. The van der Waals surface area contributed by atoms with E-state index in [4.69, 9.17) is 0 Å². The van der Waals surface area contributed by atoms with Crippen molar-refractivity contribution in [3.05, 3.63) is 65.2 Å². The first-order chi connectivity index (χ1) is 15.4. The molecule has 32 heavy (non-hydrogen) atoms. The second-order valence-corrected chi connectivity index (χ2v) is 10.7. The Kier molecular flexibility index (Phi) is 7.28. The highest BCUT2D eigenvalue weighted by atomic mass is 32.2. The van der Waals surface area contributed by atoms with E-state index in [-0.39, 0.29) is 17.3 Å². The first-order valence-electron chi connectivity index (χ1n) is 11.6. The Hall–Kier alpha value is -2.22. The number of carbonyl (C=O) groups is 1. The molecule has 2 aromatic rings. The molecular weight excluding hydrogens is 422 g/mol. The average Bonchev–Trinajstić information content (AvgIpc) is 2.84. The average molecular weight is 456 g/mol. The van der Waals surface area contributed by atoms with E-state index in [0.717, 1.165) is 37.3 Å². The highest BCUT2D eigenvalue weighted by Crippen LogP contribution is 2.24. The number of nitrogens with zero attached hydrogens (tertiary/aromatic N) is 2. The minimum atomic E-state index is -3.56. The molecule has 0 atom stereocenters. The van der Waals surface area contributed by atoms with Crippen molar-refractivity contribution in [2.24, 2.45) is 0 Å². The summed E-state index contributed by atoms with van der Waals surface area (Å²) in [4.78, 5) is 17.7. The lowest BCUT2D eigenvalue weighted by Gasteiger charge is -2.40. The van der Waals surface area contributed by atoms with E-state index in [9.17, 15) is 13.2 Å². The van der Waals surface area contributed by atoms with Gasteiger partial charge >= 0.3 is 0 Å². The predicted molar refractivity (Wildman–Crippen MR) is 126 cm³/mol. The second-order valence-electron chi connectivity index (χ2n) is 8.95. The van der Waals surface area contributed by atoms with Gasteiger partial charge < -0.3 is 4.90 Å². The lowest BCUT2D eigenvalue weighted by molar-refractivity contribution is 0.0523. The minimum absolute atomic E-state index is 0.0556. The molecule has 2 fully saturated rings. The maximum Gasteiger partial charge on any atom is 0.253 e. The second kappa shape index (κ2) is 10.1. The molecule has 2 aromatic carbocycles. The molecule has 0 aromatic heterocycles. The summed E-state index contributed by atoms with van der Waals surface area (Å²) < 4.78 is 27.6. The van der Waals surface area contributed by atoms with Gasteiger partial charge in [-0.1, -0.05) is 49.1 Å². The van der Waals surface area contributed by atoms with Crippen molar-refractivity contribution < 1.29 is 13.2 Å². The number of nitrogens with one attached hydrogen (secondary N) is 1. The molecule has 0 spiro atoms. The minimum Gasteiger partial charge on any atom is -0.336 e. The van der Waals surface area contributed by atoms with Crippen LogP contribution in [0.2, 0.25) is 0 Å². The maximum atomic E-state index is 12.9. The summed E-state index contributed by atoms with van der Waals surface area (Å²) in [6.07, 6.45) is 6.61. The summed E-state index contributed by atoms with van der Waals surface area (Å²) >= 11 is 0. The molecule has 0 bridgehead atoms. The van der Waals surface area contributed by atoms with Gasteiger partial charge in [-0.3, -0.25) is 9.69 Å². The number of amides is 1. The standard InChI is InChI=1S/C25H33N3O3S/c1-20-7-13-24(14-8-20)32(30,31)26-19-21-9-11-22(12-10-21)25(29)28-17-15-27(16-18-28)23-5-3-2-4-6-23/h7-14,23,26H,2-6,15-19H2,1H3. The number of aryl methyl sites for hydroxylation is 1. The molecule has 1 N–H and O–H groups in total. The van der Waals surface area contributed by atoms with Crippen LogP contribution in [0.15, 0.2) is 53.4 Å². The third-order valence-corrected chi connectivity index (χ3v) is 8.11. The molecule has 1 aliphatic heterocycles. The summed E-state index contributed by atoms with van der Waals surface area (Å²) in [5, 5.41) is 0. The first kappa shape index (κ1) is 23.0. The molecule has 0 unspecified atom stereocenters. The van der Waals surface area contributed by atoms with Crippen LogP contribution in [0.4, 0.5) is 0 Å². The van der Waals surface area contributed by atoms with Gasteiger partial charge in [-0.05, 0) is 49.6 Å². The molecule has 1 heterocycles. The van der Waals surface area contributed by atoms with Gasteiger partial charge in [0, 0.05) is 44.3 Å². The van der Waals surface area contributed by atoms with Crippen molar-refractivity contribution in [1.82, 2.24) is 14.5 Å². The number of benzene rings is 2. The van der Waals surface area contributed by atoms with Gasteiger partial charge in [0.1, 0.15) is 0 Å². The lowest BCUT2D eigenvalue weighted by Crippen LogP contribution is -2.52. The van der Waals surface area contributed by atoms with Crippen molar-refractivity contribution in [2.75, 3.05) is 26.2 Å². The zero-order chi connectivity index (χ0) is 22.6. The number of carbonyl (C=O) groups excluding carboxylic acids is 1. The Morgan fingerprint density at radius 2 is 1.53 bits per heavy atom. The molecule has 172 valence electrons. The highest BCUT2D eigenvalue weighted by Gasteiger charge is 2.27. The summed E-state index contributed by atoms with van der Waals surface area (Å²) in [7, 11) is -3.56. The van der Waals surface area contributed by atoms with Crippen LogP contribution >= 0.6 is 0 Å². The van der Waals surface area contributed by atoms with Crippen LogP contribution in [0.25, 0.3) is 0 Å². The smallest absolute Gasteiger partial charge is 0.253 e. The van der Waals surface area contributed by atoms with E-state index in [1.54, 1.807) is 36.4 Å². The molecule has 7 heteroatoms. The molecule has 0 radical (unpaired) electrons. The number of rotatable bonds is 6. The van der Waals surface area contributed by atoms with E-state index < -0.39 is 10.0 Å². The fourth-order valence-electron chi connectivity index (χ4n) is 4.66. The van der Waals surface area contributed by atoms with Crippen molar-refractivity contribution >= 4 is 15.9 Å². The fraction of sp³-hybridized carbons (Fsp3) is 0.480. The summed E-state index contributed by atoms with van der Waals surface area (Å²) in [6, 6.07) is 14.7. The molecule has 1 saturated heterocycles. The lowest BCUT2D eigenvalue weighted by atomic mass is 9.94. The zero-order valence-corrected chi connectivity index (χ0v) is 19.6. The van der Waals surface area contributed by atoms with Gasteiger partial charge in [-0.2, -0.15) is 0 Å². The van der Waals surface area contributed by atoms with E-state index >= 15 is 0 Å². The summed E-state index contributed by atoms with van der Waals surface area (Å²) in [5.41, 5.74) is 2.49.